The minimum absolute atomic E-state index is 0.349. The first-order valence-corrected chi connectivity index (χ1v) is 5.37. The molecular weight excluding hydrogens is 160 g/mol. The first-order chi connectivity index (χ1) is 6.13. The zero-order valence-corrected chi connectivity index (χ0v) is 8.60. The Morgan fingerprint density at radius 1 is 1.46 bits per heavy atom. The van der Waals surface area contributed by atoms with Gasteiger partial charge in [0, 0.05) is 6.42 Å². The van der Waals surface area contributed by atoms with Gasteiger partial charge in [0.25, 0.3) is 0 Å². The molecule has 0 amide bonds. The zero-order chi connectivity index (χ0) is 9.47. The molecule has 0 aliphatic heterocycles. The molecule has 0 bridgehead atoms. The van der Waals surface area contributed by atoms with E-state index in [-0.39, 0.29) is 0 Å². The lowest BCUT2D eigenvalue weighted by Crippen LogP contribution is -2.34. The van der Waals surface area contributed by atoms with Gasteiger partial charge in [-0.15, -0.1) is 0 Å². The number of hydrogen-bond donors (Lipinski definition) is 0. The Balaban J connectivity index is 2.34. The standard InChI is InChI=1S/C12H18O/c1-9-4-3-5-10-8-11(13)6-7-12(9,10)2/h8-9H,3-7H2,1-2H3. The number of hydrogen-bond acceptors (Lipinski definition) is 1. The van der Waals surface area contributed by atoms with E-state index in [0.29, 0.717) is 11.2 Å². The molecule has 0 heterocycles. The molecular formula is C12H18O. The first kappa shape index (κ1) is 8.98. The summed E-state index contributed by atoms with van der Waals surface area (Å²) in [7, 11) is 0. The highest BCUT2D eigenvalue weighted by molar-refractivity contribution is 5.91. The van der Waals surface area contributed by atoms with Crippen LogP contribution in [0.25, 0.3) is 0 Å². The quantitative estimate of drug-likeness (QED) is 0.557. The molecule has 2 aliphatic rings. The molecule has 0 radical (unpaired) electrons. The average molecular weight is 178 g/mol. The average Bonchev–Trinajstić information content (AvgIpc) is 2.09. The lowest BCUT2D eigenvalue weighted by atomic mass is 9.60. The zero-order valence-electron chi connectivity index (χ0n) is 8.60. The van der Waals surface area contributed by atoms with E-state index in [2.05, 4.69) is 13.8 Å². The van der Waals surface area contributed by atoms with Gasteiger partial charge >= 0.3 is 0 Å². The molecule has 0 saturated heterocycles. The van der Waals surface area contributed by atoms with Gasteiger partial charge in [-0.05, 0) is 43.1 Å². The van der Waals surface area contributed by atoms with Crippen molar-refractivity contribution >= 4 is 5.78 Å². The van der Waals surface area contributed by atoms with Gasteiger partial charge in [-0.25, -0.2) is 0 Å². The third-order valence-corrected chi connectivity index (χ3v) is 4.13. The number of ketones is 1. The van der Waals surface area contributed by atoms with E-state index in [4.69, 9.17) is 0 Å². The van der Waals surface area contributed by atoms with E-state index in [1.807, 2.05) is 6.08 Å². The van der Waals surface area contributed by atoms with Gasteiger partial charge in [-0.2, -0.15) is 0 Å². The predicted molar refractivity (Wildman–Crippen MR) is 53.4 cm³/mol. The highest BCUT2D eigenvalue weighted by Gasteiger charge is 2.39. The molecule has 0 aromatic rings. The van der Waals surface area contributed by atoms with Crippen molar-refractivity contribution in [2.45, 2.75) is 46.0 Å². The first-order valence-electron chi connectivity index (χ1n) is 5.37. The maximum Gasteiger partial charge on any atom is 0.155 e. The van der Waals surface area contributed by atoms with Crippen molar-refractivity contribution in [1.29, 1.82) is 0 Å². The van der Waals surface area contributed by atoms with Gasteiger partial charge in [-0.1, -0.05) is 19.4 Å². The van der Waals surface area contributed by atoms with Crippen LogP contribution in [-0.4, -0.2) is 5.78 Å². The molecule has 0 aromatic carbocycles. The van der Waals surface area contributed by atoms with E-state index in [0.717, 1.165) is 25.2 Å². The Bertz CT molecular complexity index is 264. The van der Waals surface area contributed by atoms with Gasteiger partial charge in [0.2, 0.25) is 0 Å². The summed E-state index contributed by atoms with van der Waals surface area (Å²) >= 11 is 0. The normalized spacial score (nSPS) is 39.7. The Kier molecular flexibility index (Phi) is 2.05. The number of rotatable bonds is 0. The van der Waals surface area contributed by atoms with E-state index in [1.165, 1.54) is 18.4 Å². The second-order valence-electron chi connectivity index (χ2n) is 4.85. The van der Waals surface area contributed by atoms with E-state index in [9.17, 15) is 4.79 Å². The third kappa shape index (κ3) is 1.34. The highest BCUT2D eigenvalue weighted by atomic mass is 16.1. The van der Waals surface area contributed by atoms with Crippen molar-refractivity contribution in [2.24, 2.45) is 11.3 Å². The van der Waals surface area contributed by atoms with Crippen LogP contribution < -0.4 is 0 Å². The lowest BCUT2D eigenvalue weighted by Gasteiger charge is -2.44. The smallest absolute Gasteiger partial charge is 0.155 e. The number of allylic oxidation sites excluding steroid dienone is 2. The van der Waals surface area contributed by atoms with Crippen LogP contribution in [-0.2, 0) is 4.79 Å². The summed E-state index contributed by atoms with van der Waals surface area (Å²) in [5.74, 6) is 1.11. The molecule has 0 aromatic heterocycles. The largest absolute Gasteiger partial charge is 0.295 e. The third-order valence-electron chi connectivity index (χ3n) is 4.13. The van der Waals surface area contributed by atoms with Crippen molar-refractivity contribution < 1.29 is 4.79 Å². The molecule has 0 N–H and O–H groups in total. The lowest BCUT2D eigenvalue weighted by molar-refractivity contribution is -0.116. The fourth-order valence-corrected chi connectivity index (χ4v) is 2.81. The van der Waals surface area contributed by atoms with E-state index >= 15 is 0 Å². The molecule has 1 saturated carbocycles. The van der Waals surface area contributed by atoms with Crippen LogP contribution in [0, 0.1) is 11.3 Å². The second-order valence-corrected chi connectivity index (χ2v) is 4.85. The SMILES string of the molecule is CC1CCCC2=CC(=O)CCC21C. The summed E-state index contributed by atoms with van der Waals surface area (Å²) in [6, 6.07) is 0. The Labute approximate surface area is 80.2 Å². The predicted octanol–water partition coefficient (Wildman–Crippen LogP) is 3.10. The molecule has 2 aliphatic carbocycles. The summed E-state index contributed by atoms with van der Waals surface area (Å²) in [6.45, 7) is 4.68. The number of carbonyl (C=O) groups excluding carboxylic acids is 1. The molecule has 1 fully saturated rings. The molecule has 2 unspecified atom stereocenters. The molecule has 72 valence electrons. The fraction of sp³-hybridized carbons (Fsp3) is 0.750. The maximum atomic E-state index is 11.3. The van der Waals surface area contributed by atoms with Crippen molar-refractivity contribution in [1.82, 2.24) is 0 Å². The Morgan fingerprint density at radius 2 is 2.23 bits per heavy atom. The van der Waals surface area contributed by atoms with Gasteiger partial charge in [0.05, 0.1) is 0 Å². The molecule has 2 atom stereocenters. The van der Waals surface area contributed by atoms with Crippen molar-refractivity contribution in [3.05, 3.63) is 11.6 Å². The highest BCUT2D eigenvalue weighted by Crippen LogP contribution is 2.49. The fourth-order valence-electron chi connectivity index (χ4n) is 2.81. The summed E-state index contributed by atoms with van der Waals surface area (Å²) in [5.41, 5.74) is 1.79. The van der Waals surface area contributed by atoms with Crippen LogP contribution >= 0.6 is 0 Å². The number of fused-ring (bicyclic) bond motifs is 1. The van der Waals surface area contributed by atoms with Crippen LogP contribution in [0.1, 0.15) is 46.0 Å². The van der Waals surface area contributed by atoms with Crippen LogP contribution in [0.5, 0.6) is 0 Å². The van der Waals surface area contributed by atoms with Gasteiger partial charge in [0.15, 0.2) is 5.78 Å². The van der Waals surface area contributed by atoms with Crippen molar-refractivity contribution in [3.63, 3.8) is 0 Å². The number of carbonyl (C=O) groups is 1. The summed E-state index contributed by atoms with van der Waals surface area (Å²) < 4.78 is 0. The summed E-state index contributed by atoms with van der Waals surface area (Å²) in [4.78, 5) is 11.3. The van der Waals surface area contributed by atoms with E-state index in [1.54, 1.807) is 0 Å². The Hall–Kier alpha value is -0.590. The van der Waals surface area contributed by atoms with E-state index < -0.39 is 0 Å². The molecule has 1 heteroatoms. The van der Waals surface area contributed by atoms with Crippen LogP contribution in [0.2, 0.25) is 0 Å². The van der Waals surface area contributed by atoms with Gasteiger partial charge < -0.3 is 0 Å². The van der Waals surface area contributed by atoms with Crippen LogP contribution in [0.3, 0.4) is 0 Å². The van der Waals surface area contributed by atoms with Gasteiger partial charge in [0.1, 0.15) is 0 Å². The molecule has 13 heavy (non-hydrogen) atoms. The monoisotopic (exact) mass is 178 g/mol. The van der Waals surface area contributed by atoms with Crippen molar-refractivity contribution in [3.8, 4) is 0 Å². The molecule has 2 rings (SSSR count). The molecule has 0 spiro atoms. The van der Waals surface area contributed by atoms with Crippen LogP contribution in [0.15, 0.2) is 11.6 Å². The minimum atomic E-state index is 0.349. The van der Waals surface area contributed by atoms with Crippen molar-refractivity contribution in [2.75, 3.05) is 0 Å². The maximum absolute atomic E-state index is 11.3. The summed E-state index contributed by atoms with van der Waals surface area (Å²) in [6.07, 6.45) is 7.55. The molecule has 1 nitrogen and oxygen atoms in total. The topological polar surface area (TPSA) is 17.1 Å². The second kappa shape index (κ2) is 2.97. The van der Waals surface area contributed by atoms with Gasteiger partial charge in [-0.3, -0.25) is 4.79 Å². The summed E-state index contributed by atoms with van der Waals surface area (Å²) in [5, 5.41) is 0. The van der Waals surface area contributed by atoms with Crippen LogP contribution in [0.4, 0.5) is 0 Å². The Morgan fingerprint density at radius 3 is 3.00 bits per heavy atom. The minimum Gasteiger partial charge on any atom is -0.295 e.